The van der Waals surface area contributed by atoms with Gasteiger partial charge in [-0.2, -0.15) is 0 Å². The van der Waals surface area contributed by atoms with Crippen LogP contribution in [0.2, 0.25) is 0 Å². The fourth-order valence-electron chi connectivity index (χ4n) is 2.18. The van der Waals surface area contributed by atoms with Crippen LogP contribution >= 0.6 is 0 Å². The quantitative estimate of drug-likeness (QED) is 0.859. The molecular weight excluding hydrogens is 228 g/mol. The second-order valence-corrected chi connectivity index (χ2v) is 4.69. The van der Waals surface area contributed by atoms with Gasteiger partial charge in [-0.1, -0.05) is 11.6 Å². The van der Waals surface area contributed by atoms with Crippen LogP contribution in [-0.4, -0.2) is 32.2 Å². The number of aryl methyl sites for hydroxylation is 1. The molecule has 0 radical (unpaired) electrons. The van der Waals surface area contributed by atoms with Crippen LogP contribution in [0.1, 0.15) is 28.8 Å². The summed E-state index contributed by atoms with van der Waals surface area (Å²) in [6.45, 7) is 3.41. The molecule has 1 atom stereocenters. The van der Waals surface area contributed by atoms with Gasteiger partial charge in [0.15, 0.2) is 0 Å². The lowest BCUT2D eigenvalue weighted by Crippen LogP contribution is -2.40. The Morgan fingerprint density at radius 2 is 2.28 bits per heavy atom. The third-order valence-electron chi connectivity index (χ3n) is 3.18. The SMILES string of the molecule is CNc1ccc(C)cc1C(=O)NC1CCCOC1. The smallest absolute Gasteiger partial charge is 0.253 e. The molecule has 18 heavy (non-hydrogen) atoms. The molecule has 2 rings (SSSR count). The lowest BCUT2D eigenvalue weighted by molar-refractivity contribution is 0.0624. The zero-order chi connectivity index (χ0) is 13.0. The molecule has 1 aromatic rings. The molecule has 1 heterocycles. The van der Waals surface area contributed by atoms with Gasteiger partial charge in [-0.3, -0.25) is 4.79 Å². The van der Waals surface area contributed by atoms with E-state index in [1.54, 1.807) is 0 Å². The Kier molecular flexibility index (Phi) is 4.20. The Morgan fingerprint density at radius 3 is 2.94 bits per heavy atom. The van der Waals surface area contributed by atoms with Gasteiger partial charge in [0.1, 0.15) is 0 Å². The Morgan fingerprint density at radius 1 is 1.44 bits per heavy atom. The van der Waals surface area contributed by atoms with Crippen molar-refractivity contribution in [1.29, 1.82) is 0 Å². The highest BCUT2D eigenvalue weighted by atomic mass is 16.5. The molecule has 1 aliphatic heterocycles. The number of nitrogens with one attached hydrogen (secondary N) is 2. The van der Waals surface area contributed by atoms with Crippen LogP contribution in [0, 0.1) is 6.92 Å². The number of carbonyl (C=O) groups excluding carboxylic acids is 1. The Bertz CT molecular complexity index is 426. The van der Waals surface area contributed by atoms with E-state index < -0.39 is 0 Å². The van der Waals surface area contributed by atoms with Gasteiger partial charge >= 0.3 is 0 Å². The van der Waals surface area contributed by atoms with E-state index in [0.717, 1.165) is 30.7 Å². The fourth-order valence-corrected chi connectivity index (χ4v) is 2.18. The van der Waals surface area contributed by atoms with E-state index in [2.05, 4.69) is 10.6 Å². The minimum Gasteiger partial charge on any atom is -0.387 e. The van der Waals surface area contributed by atoms with E-state index in [0.29, 0.717) is 12.2 Å². The second-order valence-electron chi connectivity index (χ2n) is 4.69. The van der Waals surface area contributed by atoms with E-state index in [1.807, 2.05) is 32.2 Å². The van der Waals surface area contributed by atoms with Gasteiger partial charge in [0, 0.05) is 19.3 Å². The summed E-state index contributed by atoms with van der Waals surface area (Å²) >= 11 is 0. The van der Waals surface area contributed by atoms with E-state index in [4.69, 9.17) is 4.74 Å². The number of carbonyl (C=O) groups is 1. The molecule has 1 amide bonds. The second kappa shape index (κ2) is 5.87. The van der Waals surface area contributed by atoms with Crippen LogP contribution in [0.5, 0.6) is 0 Å². The first kappa shape index (κ1) is 12.9. The van der Waals surface area contributed by atoms with Crippen molar-refractivity contribution in [3.05, 3.63) is 29.3 Å². The largest absolute Gasteiger partial charge is 0.387 e. The maximum atomic E-state index is 12.2. The molecular formula is C14H20N2O2. The molecule has 1 aromatic carbocycles. The first-order chi connectivity index (χ1) is 8.70. The molecule has 4 nitrogen and oxygen atoms in total. The van der Waals surface area contributed by atoms with Crippen LogP contribution in [0.3, 0.4) is 0 Å². The molecule has 1 saturated heterocycles. The molecule has 98 valence electrons. The minimum atomic E-state index is -0.0291. The zero-order valence-corrected chi connectivity index (χ0v) is 11.0. The molecule has 1 unspecified atom stereocenters. The van der Waals surface area contributed by atoms with Crippen LogP contribution in [0.25, 0.3) is 0 Å². The summed E-state index contributed by atoms with van der Waals surface area (Å²) in [4.78, 5) is 12.2. The molecule has 4 heteroatoms. The molecule has 1 aliphatic rings. The van der Waals surface area contributed by atoms with Gasteiger partial charge in [-0.15, -0.1) is 0 Å². The van der Waals surface area contributed by atoms with E-state index >= 15 is 0 Å². The lowest BCUT2D eigenvalue weighted by Gasteiger charge is -2.23. The molecule has 2 N–H and O–H groups in total. The monoisotopic (exact) mass is 248 g/mol. The van der Waals surface area contributed by atoms with Crippen molar-refractivity contribution >= 4 is 11.6 Å². The predicted molar refractivity (Wildman–Crippen MR) is 72.0 cm³/mol. The highest BCUT2D eigenvalue weighted by Crippen LogP contribution is 2.17. The highest BCUT2D eigenvalue weighted by Gasteiger charge is 2.18. The normalized spacial score (nSPS) is 19.3. The third-order valence-corrected chi connectivity index (χ3v) is 3.18. The maximum absolute atomic E-state index is 12.2. The Balaban J connectivity index is 2.09. The van der Waals surface area contributed by atoms with E-state index in [-0.39, 0.29) is 11.9 Å². The number of hydrogen-bond donors (Lipinski definition) is 2. The molecule has 0 bridgehead atoms. The lowest BCUT2D eigenvalue weighted by atomic mass is 10.1. The maximum Gasteiger partial charge on any atom is 0.253 e. The molecule has 1 fully saturated rings. The summed E-state index contributed by atoms with van der Waals surface area (Å²) in [6.07, 6.45) is 2.00. The van der Waals surface area contributed by atoms with Gasteiger partial charge in [0.2, 0.25) is 0 Å². The van der Waals surface area contributed by atoms with Crippen LogP contribution in [0.4, 0.5) is 5.69 Å². The van der Waals surface area contributed by atoms with Crippen molar-refractivity contribution in [1.82, 2.24) is 5.32 Å². The number of rotatable bonds is 3. The molecule has 0 saturated carbocycles. The zero-order valence-electron chi connectivity index (χ0n) is 11.0. The first-order valence-electron chi connectivity index (χ1n) is 6.37. The average Bonchev–Trinajstić information content (AvgIpc) is 2.40. The van der Waals surface area contributed by atoms with Gasteiger partial charge in [-0.25, -0.2) is 0 Å². The van der Waals surface area contributed by atoms with Crippen molar-refractivity contribution < 1.29 is 9.53 Å². The highest BCUT2D eigenvalue weighted by molar-refractivity contribution is 6.00. The van der Waals surface area contributed by atoms with Crippen LogP contribution in [0.15, 0.2) is 18.2 Å². The van der Waals surface area contributed by atoms with Crippen molar-refractivity contribution in [2.75, 3.05) is 25.6 Å². The summed E-state index contributed by atoms with van der Waals surface area (Å²) in [7, 11) is 1.82. The summed E-state index contributed by atoms with van der Waals surface area (Å²) in [5.74, 6) is -0.0291. The molecule has 0 spiro atoms. The van der Waals surface area contributed by atoms with Gasteiger partial charge < -0.3 is 15.4 Å². The number of anilines is 1. The van der Waals surface area contributed by atoms with E-state index in [1.165, 1.54) is 0 Å². The third kappa shape index (κ3) is 3.01. The van der Waals surface area contributed by atoms with Crippen LogP contribution < -0.4 is 10.6 Å². The van der Waals surface area contributed by atoms with Crippen molar-refractivity contribution in [3.8, 4) is 0 Å². The Hall–Kier alpha value is -1.55. The Labute approximate surface area is 108 Å². The average molecular weight is 248 g/mol. The van der Waals surface area contributed by atoms with E-state index in [9.17, 15) is 4.79 Å². The standard InChI is InChI=1S/C14H20N2O2/c1-10-5-6-13(15-2)12(8-10)14(17)16-11-4-3-7-18-9-11/h5-6,8,11,15H,3-4,7,9H2,1-2H3,(H,16,17). The summed E-state index contributed by atoms with van der Waals surface area (Å²) in [6, 6.07) is 5.97. The van der Waals surface area contributed by atoms with Crippen molar-refractivity contribution in [2.24, 2.45) is 0 Å². The number of ether oxygens (including phenoxy) is 1. The number of amides is 1. The summed E-state index contributed by atoms with van der Waals surface area (Å²) in [5.41, 5.74) is 2.64. The number of benzene rings is 1. The first-order valence-corrected chi connectivity index (χ1v) is 6.37. The summed E-state index contributed by atoms with van der Waals surface area (Å²) in [5, 5.41) is 6.08. The van der Waals surface area contributed by atoms with Crippen LogP contribution in [-0.2, 0) is 4.74 Å². The van der Waals surface area contributed by atoms with Crippen molar-refractivity contribution in [2.45, 2.75) is 25.8 Å². The van der Waals surface area contributed by atoms with Gasteiger partial charge in [0.25, 0.3) is 5.91 Å². The molecule has 0 aromatic heterocycles. The topological polar surface area (TPSA) is 50.4 Å². The number of hydrogen-bond acceptors (Lipinski definition) is 3. The van der Waals surface area contributed by atoms with Crippen molar-refractivity contribution in [3.63, 3.8) is 0 Å². The summed E-state index contributed by atoms with van der Waals surface area (Å²) < 4.78 is 5.37. The van der Waals surface area contributed by atoms with Gasteiger partial charge in [-0.05, 0) is 31.9 Å². The van der Waals surface area contributed by atoms with Gasteiger partial charge in [0.05, 0.1) is 18.2 Å². The molecule has 0 aliphatic carbocycles. The predicted octanol–water partition coefficient (Wildman–Crippen LogP) is 1.95. The fraction of sp³-hybridized carbons (Fsp3) is 0.500. The minimum absolute atomic E-state index is 0.0291.